The Morgan fingerprint density at radius 3 is 2.79 bits per heavy atom. The molecule has 1 aliphatic rings. The molecule has 1 saturated heterocycles. The van der Waals surface area contributed by atoms with E-state index in [4.69, 9.17) is 4.74 Å². The standard InChI is InChI=1S/C19H27NO4/c1-13(12-15(21)14-6-5-11-20-14)7-8-16(22)19(4)10-9-17(24-19)18(2,3)23/h5-8,11-12,16-17,20,22-23H,9-10H2,1-4H3/b8-7+,13-12-/t16-,17-,19-/m1/s1. The van der Waals surface area contributed by atoms with E-state index in [0.717, 1.165) is 5.57 Å². The number of rotatable bonds is 6. The molecule has 0 radical (unpaired) electrons. The highest BCUT2D eigenvalue weighted by Crippen LogP contribution is 2.37. The number of allylic oxidation sites excluding steroid dienone is 3. The van der Waals surface area contributed by atoms with Crippen LogP contribution in [0.4, 0.5) is 0 Å². The van der Waals surface area contributed by atoms with Gasteiger partial charge in [0.2, 0.25) is 5.78 Å². The lowest BCUT2D eigenvalue weighted by Crippen LogP contribution is -2.42. The number of ether oxygens (including phenoxy) is 1. The van der Waals surface area contributed by atoms with Gasteiger partial charge in [-0.15, -0.1) is 0 Å². The molecule has 24 heavy (non-hydrogen) atoms. The van der Waals surface area contributed by atoms with Crippen LogP contribution in [0.2, 0.25) is 0 Å². The third-order valence-corrected chi connectivity index (χ3v) is 4.49. The largest absolute Gasteiger partial charge is 0.388 e. The van der Waals surface area contributed by atoms with Crippen LogP contribution in [0.3, 0.4) is 0 Å². The van der Waals surface area contributed by atoms with E-state index in [2.05, 4.69) is 4.98 Å². The van der Waals surface area contributed by atoms with Crippen molar-refractivity contribution in [2.75, 3.05) is 0 Å². The summed E-state index contributed by atoms with van der Waals surface area (Å²) >= 11 is 0. The first-order valence-electron chi connectivity index (χ1n) is 8.24. The number of nitrogens with one attached hydrogen (secondary N) is 1. The Kier molecular flexibility index (Phi) is 5.48. The molecule has 3 atom stereocenters. The molecule has 5 heteroatoms. The molecule has 5 nitrogen and oxygen atoms in total. The summed E-state index contributed by atoms with van der Waals surface area (Å²) in [5.74, 6) is -0.109. The number of aromatic nitrogens is 1. The second-order valence-electron chi connectivity index (χ2n) is 7.25. The Morgan fingerprint density at radius 1 is 1.54 bits per heavy atom. The van der Waals surface area contributed by atoms with Crippen molar-refractivity contribution in [1.29, 1.82) is 0 Å². The van der Waals surface area contributed by atoms with Crippen molar-refractivity contribution >= 4 is 5.78 Å². The van der Waals surface area contributed by atoms with Crippen molar-refractivity contribution in [2.45, 2.75) is 63.9 Å². The number of hydrogen-bond donors (Lipinski definition) is 3. The number of aromatic amines is 1. The maximum absolute atomic E-state index is 12.0. The van der Waals surface area contributed by atoms with Gasteiger partial charge in [-0.25, -0.2) is 0 Å². The van der Waals surface area contributed by atoms with Crippen molar-refractivity contribution in [3.8, 4) is 0 Å². The van der Waals surface area contributed by atoms with Gasteiger partial charge in [-0.3, -0.25) is 4.79 Å². The molecule has 132 valence electrons. The van der Waals surface area contributed by atoms with Crippen LogP contribution >= 0.6 is 0 Å². The molecular formula is C19H27NO4. The molecule has 1 aromatic heterocycles. The molecule has 0 spiro atoms. The average molecular weight is 333 g/mol. The Bertz CT molecular complexity index is 624. The molecule has 0 unspecified atom stereocenters. The molecule has 1 aromatic rings. The van der Waals surface area contributed by atoms with Crippen molar-refractivity contribution in [3.05, 3.63) is 47.8 Å². The predicted molar refractivity (Wildman–Crippen MR) is 92.8 cm³/mol. The predicted octanol–water partition coefficient (Wildman–Crippen LogP) is 2.77. The van der Waals surface area contributed by atoms with Crippen LogP contribution in [0.15, 0.2) is 42.1 Å². The van der Waals surface area contributed by atoms with Gasteiger partial charge in [-0.1, -0.05) is 12.2 Å². The molecule has 0 aromatic carbocycles. The summed E-state index contributed by atoms with van der Waals surface area (Å²) in [7, 11) is 0. The third-order valence-electron chi connectivity index (χ3n) is 4.49. The third kappa shape index (κ3) is 4.44. The van der Waals surface area contributed by atoms with E-state index in [-0.39, 0.29) is 11.9 Å². The molecule has 3 N–H and O–H groups in total. The quantitative estimate of drug-likeness (QED) is 0.425. The van der Waals surface area contributed by atoms with Gasteiger partial charge in [0.25, 0.3) is 0 Å². The van der Waals surface area contributed by atoms with Crippen molar-refractivity contribution in [3.63, 3.8) is 0 Å². The molecule has 2 heterocycles. The zero-order valence-corrected chi connectivity index (χ0v) is 14.7. The highest BCUT2D eigenvalue weighted by atomic mass is 16.5. The van der Waals surface area contributed by atoms with Crippen molar-refractivity contribution < 1.29 is 19.7 Å². The normalized spacial score (nSPS) is 26.9. The topological polar surface area (TPSA) is 82.6 Å². The van der Waals surface area contributed by atoms with E-state index in [1.54, 1.807) is 44.3 Å². The van der Waals surface area contributed by atoms with E-state index in [1.165, 1.54) is 6.08 Å². The molecule has 1 fully saturated rings. The minimum absolute atomic E-state index is 0.109. The highest BCUT2D eigenvalue weighted by molar-refractivity contribution is 6.03. The maximum atomic E-state index is 12.0. The SMILES string of the molecule is CC(=C/C(=O)c1ccc[nH]1)/C=C/[C@@H](O)[C@@]1(C)CC[C@H](C(C)(C)O)O1. The summed E-state index contributed by atoms with van der Waals surface area (Å²) in [6.07, 6.45) is 6.84. The summed E-state index contributed by atoms with van der Waals surface area (Å²) in [6, 6.07) is 3.49. The molecule has 0 aliphatic carbocycles. The highest BCUT2D eigenvalue weighted by Gasteiger charge is 2.45. The van der Waals surface area contributed by atoms with E-state index < -0.39 is 17.3 Å². The second kappa shape index (κ2) is 7.05. The van der Waals surface area contributed by atoms with Gasteiger partial charge < -0.3 is 19.9 Å². The lowest BCUT2D eigenvalue weighted by Gasteiger charge is -2.32. The molecule has 2 rings (SSSR count). The molecule has 0 bridgehead atoms. The van der Waals surface area contributed by atoms with Gasteiger partial charge in [0.1, 0.15) is 6.10 Å². The molecular weight excluding hydrogens is 306 g/mol. The van der Waals surface area contributed by atoms with Gasteiger partial charge in [0.05, 0.1) is 23.0 Å². The van der Waals surface area contributed by atoms with Crippen LogP contribution in [0.1, 0.15) is 51.0 Å². The summed E-state index contributed by atoms with van der Waals surface area (Å²) < 4.78 is 5.90. The van der Waals surface area contributed by atoms with E-state index in [1.807, 2.05) is 13.8 Å². The second-order valence-corrected chi connectivity index (χ2v) is 7.25. The first-order chi connectivity index (χ1) is 11.1. The number of carbonyl (C=O) groups is 1. The van der Waals surface area contributed by atoms with Crippen LogP contribution in [0.5, 0.6) is 0 Å². The summed E-state index contributed by atoms with van der Waals surface area (Å²) in [6.45, 7) is 7.08. The van der Waals surface area contributed by atoms with Crippen LogP contribution in [0.25, 0.3) is 0 Å². The van der Waals surface area contributed by atoms with Crippen LogP contribution in [-0.4, -0.2) is 44.4 Å². The van der Waals surface area contributed by atoms with Gasteiger partial charge >= 0.3 is 0 Å². The first-order valence-corrected chi connectivity index (χ1v) is 8.24. The lowest BCUT2D eigenvalue weighted by atomic mass is 9.93. The fraction of sp³-hybridized carbons (Fsp3) is 0.526. The fourth-order valence-electron chi connectivity index (χ4n) is 2.84. The minimum Gasteiger partial charge on any atom is -0.388 e. The van der Waals surface area contributed by atoms with E-state index >= 15 is 0 Å². The first kappa shape index (κ1) is 18.6. The number of ketones is 1. The Morgan fingerprint density at radius 2 is 2.25 bits per heavy atom. The number of H-pyrrole nitrogens is 1. The zero-order valence-electron chi connectivity index (χ0n) is 14.7. The fourth-order valence-corrected chi connectivity index (χ4v) is 2.84. The van der Waals surface area contributed by atoms with E-state index in [9.17, 15) is 15.0 Å². The minimum atomic E-state index is -0.931. The van der Waals surface area contributed by atoms with Crippen LogP contribution in [-0.2, 0) is 4.74 Å². The van der Waals surface area contributed by atoms with Gasteiger partial charge in [0, 0.05) is 6.20 Å². The number of carbonyl (C=O) groups excluding carboxylic acids is 1. The van der Waals surface area contributed by atoms with E-state index in [0.29, 0.717) is 18.5 Å². The van der Waals surface area contributed by atoms with Gasteiger partial charge in [0.15, 0.2) is 0 Å². The monoisotopic (exact) mass is 333 g/mol. The zero-order chi connectivity index (χ0) is 18.0. The van der Waals surface area contributed by atoms with Crippen molar-refractivity contribution in [2.24, 2.45) is 0 Å². The van der Waals surface area contributed by atoms with Gasteiger partial charge in [-0.2, -0.15) is 0 Å². The molecule has 0 saturated carbocycles. The lowest BCUT2D eigenvalue weighted by molar-refractivity contribution is -0.143. The summed E-state index contributed by atoms with van der Waals surface area (Å²) in [5.41, 5.74) is -0.388. The van der Waals surface area contributed by atoms with Crippen LogP contribution in [0, 0.1) is 0 Å². The average Bonchev–Trinajstić information content (AvgIpc) is 3.14. The maximum Gasteiger partial charge on any atom is 0.202 e. The number of aliphatic hydroxyl groups is 2. The number of aliphatic hydroxyl groups excluding tert-OH is 1. The Hall–Kier alpha value is -1.69. The van der Waals surface area contributed by atoms with Crippen molar-refractivity contribution in [1.82, 2.24) is 4.98 Å². The molecule has 1 aliphatic heterocycles. The number of hydrogen-bond acceptors (Lipinski definition) is 4. The molecule has 0 amide bonds. The summed E-state index contributed by atoms with van der Waals surface area (Å²) in [5, 5.41) is 20.5. The van der Waals surface area contributed by atoms with Gasteiger partial charge in [-0.05, 0) is 64.3 Å². The Balaban J connectivity index is 1.99. The summed E-state index contributed by atoms with van der Waals surface area (Å²) in [4.78, 5) is 14.8. The Labute approximate surface area is 143 Å². The smallest absolute Gasteiger partial charge is 0.202 e. The van der Waals surface area contributed by atoms with Crippen LogP contribution < -0.4 is 0 Å².